The Bertz CT molecular complexity index is 245. The first-order chi connectivity index (χ1) is 6.38. The Morgan fingerprint density at radius 3 is 2.80 bits per heavy atom. The lowest BCUT2D eigenvalue weighted by Crippen LogP contribution is -2.32. The van der Waals surface area contributed by atoms with Crippen molar-refractivity contribution in [1.29, 1.82) is 0 Å². The van der Waals surface area contributed by atoms with Gasteiger partial charge in [-0.15, -0.1) is 24.8 Å². The minimum absolute atomic E-state index is 0. The second-order valence-electron chi connectivity index (χ2n) is 3.87. The summed E-state index contributed by atoms with van der Waals surface area (Å²) in [6.45, 7) is 4.58. The predicted octanol–water partition coefficient (Wildman–Crippen LogP) is 2.36. The summed E-state index contributed by atoms with van der Waals surface area (Å²) in [5.41, 5.74) is 0. The van der Waals surface area contributed by atoms with Crippen molar-refractivity contribution in [3.8, 4) is 0 Å². The van der Waals surface area contributed by atoms with Crippen molar-refractivity contribution in [3.05, 3.63) is 18.2 Å². The van der Waals surface area contributed by atoms with Crippen molar-refractivity contribution in [2.45, 2.75) is 25.7 Å². The lowest BCUT2D eigenvalue weighted by molar-refractivity contribution is 0.328. The molecule has 2 atom stereocenters. The third-order valence-electron chi connectivity index (χ3n) is 2.99. The molecule has 3 nitrogen and oxygen atoms in total. The van der Waals surface area contributed by atoms with Gasteiger partial charge in [-0.25, -0.2) is 4.98 Å². The van der Waals surface area contributed by atoms with E-state index in [0.717, 1.165) is 18.3 Å². The molecule has 1 aliphatic rings. The van der Waals surface area contributed by atoms with Crippen LogP contribution in [0.5, 0.6) is 0 Å². The summed E-state index contributed by atoms with van der Waals surface area (Å²) >= 11 is 0. The molecule has 5 heteroatoms. The molecule has 1 saturated heterocycles. The van der Waals surface area contributed by atoms with Crippen molar-refractivity contribution < 1.29 is 0 Å². The third-order valence-corrected chi connectivity index (χ3v) is 2.99. The zero-order valence-corrected chi connectivity index (χ0v) is 10.5. The Hall–Kier alpha value is -0.250. The van der Waals surface area contributed by atoms with Crippen LogP contribution in [0.25, 0.3) is 0 Å². The number of hydrogen-bond acceptors (Lipinski definition) is 2. The number of H-pyrrole nitrogens is 1. The van der Waals surface area contributed by atoms with Crippen LogP contribution in [-0.2, 0) is 0 Å². The minimum atomic E-state index is 0. The smallest absolute Gasteiger partial charge is 0.109 e. The molecule has 0 amide bonds. The quantitative estimate of drug-likeness (QED) is 0.848. The van der Waals surface area contributed by atoms with Gasteiger partial charge in [-0.05, 0) is 31.8 Å². The molecule has 2 unspecified atom stereocenters. The molecule has 0 aliphatic carbocycles. The maximum Gasteiger partial charge on any atom is 0.109 e. The average molecular weight is 252 g/mol. The molecule has 1 aromatic rings. The minimum Gasteiger partial charge on any atom is -0.348 e. The molecule has 0 spiro atoms. The Morgan fingerprint density at radius 1 is 1.47 bits per heavy atom. The van der Waals surface area contributed by atoms with E-state index in [0.29, 0.717) is 5.92 Å². The van der Waals surface area contributed by atoms with Gasteiger partial charge in [0.1, 0.15) is 5.82 Å². The van der Waals surface area contributed by atoms with Crippen LogP contribution in [0.4, 0.5) is 0 Å². The first-order valence-corrected chi connectivity index (χ1v) is 5.08. The summed E-state index contributed by atoms with van der Waals surface area (Å²) in [4.78, 5) is 7.50. The van der Waals surface area contributed by atoms with Crippen LogP contribution in [0.15, 0.2) is 12.4 Å². The third kappa shape index (κ3) is 3.67. The number of imidazole rings is 1. The lowest BCUT2D eigenvalue weighted by Gasteiger charge is -2.27. The van der Waals surface area contributed by atoms with Crippen molar-refractivity contribution in [2.75, 3.05) is 13.1 Å². The normalized spacial score (nSPS) is 22.3. The van der Waals surface area contributed by atoms with E-state index >= 15 is 0 Å². The van der Waals surface area contributed by atoms with Crippen molar-refractivity contribution >= 4 is 24.8 Å². The zero-order valence-electron chi connectivity index (χ0n) is 8.90. The SMILES string of the molecule is CC(c1ncc[nH]1)C1CCCNC1.Cl.Cl. The van der Waals surface area contributed by atoms with Crippen molar-refractivity contribution in [1.82, 2.24) is 15.3 Å². The number of aromatic amines is 1. The van der Waals surface area contributed by atoms with Crippen molar-refractivity contribution in [2.24, 2.45) is 5.92 Å². The maximum absolute atomic E-state index is 4.31. The fourth-order valence-corrected chi connectivity index (χ4v) is 2.06. The van der Waals surface area contributed by atoms with E-state index in [1.165, 1.54) is 19.4 Å². The second-order valence-corrected chi connectivity index (χ2v) is 3.87. The highest BCUT2D eigenvalue weighted by Crippen LogP contribution is 2.26. The van der Waals surface area contributed by atoms with E-state index in [1.54, 1.807) is 0 Å². The van der Waals surface area contributed by atoms with E-state index in [-0.39, 0.29) is 24.8 Å². The number of hydrogen-bond donors (Lipinski definition) is 2. The van der Waals surface area contributed by atoms with Gasteiger partial charge in [-0.2, -0.15) is 0 Å². The highest BCUT2D eigenvalue weighted by atomic mass is 35.5. The summed E-state index contributed by atoms with van der Waals surface area (Å²) in [6, 6.07) is 0. The fraction of sp³-hybridized carbons (Fsp3) is 0.700. The average Bonchev–Trinajstić information content (AvgIpc) is 2.71. The summed E-state index contributed by atoms with van der Waals surface area (Å²) in [7, 11) is 0. The molecule has 1 fully saturated rings. The molecular weight excluding hydrogens is 233 g/mol. The highest BCUT2D eigenvalue weighted by Gasteiger charge is 2.22. The Labute approximate surface area is 103 Å². The summed E-state index contributed by atoms with van der Waals surface area (Å²) in [5.74, 6) is 2.44. The molecular formula is C10H19Cl2N3. The van der Waals surface area contributed by atoms with Crippen molar-refractivity contribution in [3.63, 3.8) is 0 Å². The topological polar surface area (TPSA) is 40.7 Å². The molecule has 15 heavy (non-hydrogen) atoms. The standard InChI is InChI=1S/C10H17N3.2ClH/c1-8(10-12-5-6-13-10)9-3-2-4-11-7-9;;/h5-6,8-9,11H,2-4,7H2,1H3,(H,12,13);2*1H. The van der Waals surface area contributed by atoms with Crippen LogP contribution in [0.3, 0.4) is 0 Å². The molecule has 0 radical (unpaired) electrons. The summed E-state index contributed by atoms with van der Waals surface area (Å²) in [5, 5.41) is 3.44. The van der Waals surface area contributed by atoms with E-state index in [1.807, 2.05) is 12.4 Å². The molecule has 1 aromatic heterocycles. The predicted molar refractivity (Wildman–Crippen MR) is 67.1 cm³/mol. The maximum atomic E-state index is 4.31. The van der Waals surface area contributed by atoms with Gasteiger partial charge in [0.05, 0.1) is 0 Å². The number of nitrogens with one attached hydrogen (secondary N) is 2. The number of rotatable bonds is 2. The highest BCUT2D eigenvalue weighted by molar-refractivity contribution is 5.85. The molecule has 88 valence electrons. The van der Waals surface area contributed by atoms with Gasteiger partial charge in [-0.3, -0.25) is 0 Å². The van der Waals surface area contributed by atoms with Crippen LogP contribution < -0.4 is 5.32 Å². The fourth-order valence-electron chi connectivity index (χ4n) is 2.06. The van der Waals surface area contributed by atoms with Gasteiger partial charge < -0.3 is 10.3 Å². The second kappa shape index (κ2) is 7.09. The molecule has 2 rings (SSSR count). The van der Waals surface area contributed by atoms with Crippen LogP contribution >= 0.6 is 24.8 Å². The van der Waals surface area contributed by atoms with Gasteiger partial charge in [-0.1, -0.05) is 6.92 Å². The van der Waals surface area contributed by atoms with E-state index in [9.17, 15) is 0 Å². The molecule has 2 N–H and O–H groups in total. The Balaban J connectivity index is 0.000000980. The van der Waals surface area contributed by atoms with Gasteiger partial charge in [0.15, 0.2) is 0 Å². The summed E-state index contributed by atoms with van der Waals surface area (Å²) in [6.07, 6.45) is 6.37. The van der Waals surface area contributed by atoms with E-state index < -0.39 is 0 Å². The Kier molecular flexibility index (Phi) is 6.98. The monoisotopic (exact) mass is 251 g/mol. The van der Waals surface area contributed by atoms with Crippen LogP contribution in [0.2, 0.25) is 0 Å². The van der Waals surface area contributed by atoms with Crippen LogP contribution in [-0.4, -0.2) is 23.1 Å². The summed E-state index contributed by atoms with van der Waals surface area (Å²) < 4.78 is 0. The molecule has 1 aliphatic heterocycles. The molecule has 0 bridgehead atoms. The zero-order chi connectivity index (χ0) is 9.10. The number of piperidine rings is 1. The van der Waals surface area contributed by atoms with Gasteiger partial charge in [0, 0.05) is 18.3 Å². The number of nitrogens with zero attached hydrogens (tertiary/aromatic N) is 1. The van der Waals surface area contributed by atoms with Crippen LogP contribution in [0.1, 0.15) is 31.5 Å². The Morgan fingerprint density at radius 2 is 2.27 bits per heavy atom. The molecule has 0 saturated carbocycles. The largest absolute Gasteiger partial charge is 0.348 e. The van der Waals surface area contributed by atoms with Gasteiger partial charge in [0.25, 0.3) is 0 Å². The molecule has 2 heterocycles. The van der Waals surface area contributed by atoms with Crippen LogP contribution in [0, 0.1) is 5.92 Å². The lowest BCUT2D eigenvalue weighted by atomic mass is 9.87. The van der Waals surface area contributed by atoms with Gasteiger partial charge in [0.2, 0.25) is 0 Å². The van der Waals surface area contributed by atoms with E-state index in [4.69, 9.17) is 0 Å². The first kappa shape index (κ1) is 14.8. The van der Waals surface area contributed by atoms with E-state index in [2.05, 4.69) is 22.2 Å². The first-order valence-electron chi connectivity index (χ1n) is 5.08. The number of halogens is 2. The number of aromatic nitrogens is 2. The van der Waals surface area contributed by atoms with Gasteiger partial charge >= 0.3 is 0 Å². The molecule has 0 aromatic carbocycles.